The molecule has 7 nitrogen and oxygen atoms in total. The molecule has 0 aliphatic carbocycles. The lowest BCUT2D eigenvalue weighted by atomic mass is 10.0. The molecule has 0 heterocycles. The van der Waals surface area contributed by atoms with Crippen LogP contribution in [0.15, 0.2) is 47.4 Å². The van der Waals surface area contributed by atoms with Crippen molar-refractivity contribution in [1.29, 1.82) is 0 Å². The van der Waals surface area contributed by atoms with E-state index in [1.54, 1.807) is 18.2 Å². The number of carbonyl (C=O) groups excluding carboxylic acids is 1. The number of rotatable bonds is 9. The van der Waals surface area contributed by atoms with Gasteiger partial charge in [-0.25, -0.2) is 12.7 Å². The average molecular weight is 419 g/mol. The minimum Gasteiger partial charge on any atom is -0.384 e. The van der Waals surface area contributed by atoms with E-state index in [4.69, 9.17) is 0 Å². The second-order valence-electron chi connectivity index (χ2n) is 7.17. The number of anilines is 3. The second kappa shape index (κ2) is 9.76. The zero-order valence-electron chi connectivity index (χ0n) is 17.6. The third-order valence-electron chi connectivity index (χ3n) is 4.43. The van der Waals surface area contributed by atoms with Crippen molar-refractivity contribution in [3.63, 3.8) is 0 Å². The molecule has 0 unspecified atom stereocenters. The Morgan fingerprint density at radius 3 is 2.31 bits per heavy atom. The third kappa shape index (κ3) is 5.71. The lowest BCUT2D eigenvalue weighted by Gasteiger charge is -2.17. The molecule has 0 fully saturated rings. The Kier molecular flexibility index (Phi) is 7.64. The largest absolute Gasteiger partial charge is 0.384 e. The predicted octanol–water partition coefficient (Wildman–Crippen LogP) is 3.54. The summed E-state index contributed by atoms with van der Waals surface area (Å²) in [5.74, 6) is 0.0779. The Labute approximate surface area is 173 Å². The van der Waals surface area contributed by atoms with Crippen LogP contribution in [0.4, 0.5) is 17.1 Å². The van der Waals surface area contributed by atoms with E-state index in [0.29, 0.717) is 12.2 Å². The van der Waals surface area contributed by atoms with Crippen LogP contribution in [0.1, 0.15) is 32.3 Å². The van der Waals surface area contributed by atoms with Gasteiger partial charge in [-0.1, -0.05) is 32.0 Å². The molecule has 0 saturated carbocycles. The van der Waals surface area contributed by atoms with Crippen LogP contribution in [0.3, 0.4) is 0 Å². The van der Waals surface area contributed by atoms with Gasteiger partial charge in [0.25, 0.3) is 0 Å². The predicted molar refractivity (Wildman–Crippen MR) is 119 cm³/mol. The number of hydrogen-bond donors (Lipinski definition) is 3. The fourth-order valence-corrected chi connectivity index (χ4v) is 3.80. The van der Waals surface area contributed by atoms with Gasteiger partial charge in [-0.15, -0.1) is 0 Å². The van der Waals surface area contributed by atoms with Gasteiger partial charge >= 0.3 is 0 Å². The molecule has 0 atom stereocenters. The maximum Gasteiger partial charge on any atom is 0.243 e. The first-order valence-corrected chi connectivity index (χ1v) is 11.0. The molecule has 0 spiro atoms. The summed E-state index contributed by atoms with van der Waals surface area (Å²) in [7, 11) is -0.596. The zero-order chi connectivity index (χ0) is 21.6. The van der Waals surface area contributed by atoms with Gasteiger partial charge in [0.2, 0.25) is 15.9 Å². The van der Waals surface area contributed by atoms with Gasteiger partial charge in [-0.3, -0.25) is 4.79 Å². The zero-order valence-corrected chi connectivity index (χ0v) is 18.4. The molecule has 2 aromatic rings. The fourth-order valence-electron chi connectivity index (χ4n) is 2.87. The number of amides is 1. The molecule has 0 aliphatic heterocycles. The summed E-state index contributed by atoms with van der Waals surface area (Å²) in [6, 6.07) is 12.5. The molecule has 0 bridgehead atoms. The molecule has 0 radical (unpaired) electrons. The van der Waals surface area contributed by atoms with E-state index in [-0.39, 0.29) is 23.3 Å². The summed E-state index contributed by atoms with van der Waals surface area (Å²) in [5.41, 5.74) is 3.14. The highest BCUT2D eigenvalue weighted by Gasteiger charge is 2.19. The van der Waals surface area contributed by atoms with Crippen molar-refractivity contribution in [3.8, 4) is 0 Å². The van der Waals surface area contributed by atoms with Gasteiger partial charge < -0.3 is 16.0 Å². The normalized spacial score (nSPS) is 11.6. The molecule has 0 aromatic heterocycles. The van der Waals surface area contributed by atoms with Crippen LogP contribution in [-0.2, 0) is 14.8 Å². The third-order valence-corrected chi connectivity index (χ3v) is 6.24. The lowest BCUT2D eigenvalue weighted by Crippen LogP contribution is -2.24. The van der Waals surface area contributed by atoms with Crippen molar-refractivity contribution in [1.82, 2.24) is 4.31 Å². The number of nitrogens with zero attached hydrogens (tertiary/aromatic N) is 1. The van der Waals surface area contributed by atoms with Gasteiger partial charge in [0, 0.05) is 26.3 Å². The van der Waals surface area contributed by atoms with Crippen molar-refractivity contribution < 1.29 is 13.2 Å². The number of hydrogen-bond acceptors (Lipinski definition) is 5. The SMILES string of the molecule is CCNc1ccc(S(=O)(=O)N(C)C)cc1NCC(=O)Nc1ccccc1C(C)C. The van der Waals surface area contributed by atoms with Crippen LogP contribution in [0.2, 0.25) is 0 Å². The standard InChI is InChI=1S/C21H30N4O3S/c1-6-22-19-12-11-16(29(27,28)25(4)5)13-20(19)23-14-21(26)24-18-10-8-7-9-17(18)15(2)3/h7-13,15,22-23H,6,14H2,1-5H3,(H,24,26). The highest BCUT2D eigenvalue weighted by Crippen LogP contribution is 2.27. The Balaban J connectivity index is 2.19. The smallest absolute Gasteiger partial charge is 0.243 e. The van der Waals surface area contributed by atoms with E-state index in [2.05, 4.69) is 29.8 Å². The van der Waals surface area contributed by atoms with Crippen molar-refractivity contribution in [2.24, 2.45) is 0 Å². The van der Waals surface area contributed by atoms with E-state index in [1.165, 1.54) is 14.1 Å². The van der Waals surface area contributed by atoms with Gasteiger partial charge in [0.15, 0.2) is 0 Å². The van der Waals surface area contributed by atoms with Crippen LogP contribution in [0.25, 0.3) is 0 Å². The number of carbonyl (C=O) groups is 1. The van der Waals surface area contributed by atoms with Crippen LogP contribution < -0.4 is 16.0 Å². The molecule has 2 aromatic carbocycles. The maximum atomic E-state index is 12.5. The van der Waals surface area contributed by atoms with Gasteiger partial charge in [-0.05, 0) is 42.7 Å². The number of sulfonamides is 1. The molecule has 29 heavy (non-hydrogen) atoms. The van der Waals surface area contributed by atoms with Crippen molar-refractivity contribution >= 4 is 33.0 Å². The molecule has 8 heteroatoms. The number of nitrogens with one attached hydrogen (secondary N) is 3. The minimum absolute atomic E-state index is 0.0102. The maximum absolute atomic E-state index is 12.5. The topological polar surface area (TPSA) is 90.5 Å². The molecular formula is C21H30N4O3S. The highest BCUT2D eigenvalue weighted by molar-refractivity contribution is 7.89. The van der Waals surface area contributed by atoms with Crippen LogP contribution >= 0.6 is 0 Å². The number of benzene rings is 2. The highest BCUT2D eigenvalue weighted by atomic mass is 32.2. The summed E-state index contributed by atoms with van der Waals surface area (Å²) in [5, 5.41) is 9.17. The van der Waals surface area contributed by atoms with Crippen LogP contribution in [-0.4, -0.2) is 45.8 Å². The van der Waals surface area contributed by atoms with E-state index in [9.17, 15) is 13.2 Å². The van der Waals surface area contributed by atoms with E-state index in [1.807, 2.05) is 31.2 Å². The Hall–Kier alpha value is -2.58. The molecule has 0 saturated heterocycles. The first kappa shape index (κ1) is 22.7. The number of para-hydroxylation sites is 1. The van der Waals surface area contributed by atoms with Gasteiger partial charge in [0.05, 0.1) is 22.8 Å². The van der Waals surface area contributed by atoms with E-state index in [0.717, 1.165) is 21.2 Å². The monoisotopic (exact) mass is 418 g/mol. The summed E-state index contributed by atoms with van der Waals surface area (Å²) in [6.07, 6.45) is 0. The van der Waals surface area contributed by atoms with Crippen LogP contribution in [0.5, 0.6) is 0 Å². The summed E-state index contributed by atoms with van der Waals surface area (Å²) < 4.78 is 26.0. The summed E-state index contributed by atoms with van der Waals surface area (Å²) >= 11 is 0. The lowest BCUT2D eigenvalue weighted by molar-refractivity contribution is -0.114. The van der Waals surface area contributed by atoms with E-state index >= 15 is 0 Å². The molecular weight excluding hydrogens is 388 g/mol. The van der Waals surface area contributed by atoms with Crippen molar-refractivity contribution in [3.05, 3.63) is 48.0 Å². The Morgan fingerprint density at radius 2 is 1.69 bits per heavy atom. The fraction of sp³-hybridized carbons (Fsp3) is 0.381. The van der Waals surface area contributed by atoms with Gasteiger partial charge in [-0.2, -0.15) is 0 Å². The van der Waals surface area contributed by atoms with Gasteiger partial charge in [0.1, 0.15) is 0 Å². The first-order chi connectivity index (χ1) is 13.7. The second-order valence-corrected chi connectivity index (χ2v) is 9.32. The first-order valence-electron chi connectivity index (χ1n) is 9.60. The molecule has 0 aliphatic rings. The van der Waals surface area contributed by atoms with Crippen molar-refractivity contribution in [2.75, 3.05) is 43.1 Å². The molecule has 1 amide bonds. The average Bonchev–Trinajstić information content (AvgIpc) is 2.67. The van der Waals surface area contributed by atoms with Crippen molar-refractivity contribution in [2.45, 2.75) is 31.6 Å². The molecule has 158 valence electrons. The summed E-state index contributed by atoms with van der Waals surface area (Å²) in [4.78, 5) is 12.7. The Bertz CT molecular complexity index is 956. The molecule has 3 N–H and O–H groups in total. The minimum atomic E-state index is -3.57. The Morgan fingerprint density at radius 1 is 1.00 bits per heavy atom. The van der Waals surface area contributed by atoms with Crippen LogP contribution in [0, 0.1) is 0 Å². The quantitative estimate of drug-likeness (QED) is 0.579. The molecule has 2 rings (SSSR count). The summed E-state index contributed by atoms with van der Waals surface area (Å²) in [6.45, 7) is 6.77. The van der Waals surface area contributed by atoms with E-state index < -0.39 is 10.0 Å².